The number of benzene rings is 1. The van der Waals surface area contributed by atoms with Crippen LogP contribution in [0.1, 0.15) is 15.9 Å². The fraction of sp³-hybridized carbons (Fsp3) is 0.125. The monoisotopic (exact) mass is 281 g/mol. The van der Waals surface area contributed by atoms with Crippen molar-refractivity contribution in [3.05, 3.63) is 59.9 Å². The first-order chi connectivity index (χ1) is 10.3. The summed E-state index contributed by atoms with van der Waals surface area (Å²) in [5.74, 6) is 0.404. The molecule has 21 heavy (non-hydrogen) atoms. The maximum absolute atomic E-state index is 12.2. The van der Waals surface area contributed by atoms with Crippen LogP contribution < -0.4 is 10.1 Å². The minimum atomic E-state index is -0.161. The van der Waals surface area contributed by atoms with E-state index in [1.165, 1.54) is 0 Å². The van der Waals surface area contributed by atoms with Crippen molar-refractivity contribution in [1.29, 1.82) is 0 Å². The van der Waals surface area contributed by atoms with Gasteiger partial charge in [-0.3, -0.25) is 4.79 Å². The molecule has 106 valence electrons. The fourth-order valence-electron chi connectivity index (χ4n) is 2.26. The number of H-pyrrole nitrogens is 1. The number of methoxy groups -OCH3 is 1. The number of para-hydroxylation sites is 1. The summed E-state index contributed by atoms with van der Waals surface area (Å²) in [6.45, 7) is 0.433. The standard InChI is InChI=1S/C16H15N3O2/c1-21-14-7-3-2-5-13(14)16(20)19-10-11-9-18-15-12(11)6-4-8-17-15/h2-9H,10H2,1H3,(H,17,18)(H,19,20). The van der Waals surface area contributed by atoms with Gasteiger partial charge < -0.3 is 15.0 Å². The van der Waals surface area contributed by atoms with Gasteiger partial charge in [0.15, 0.2) is 0 Å². The smallest absolute Gasteiger partial charge is 0.255 e. The maximum Gasteiger partial charge on any atom is 0.255 e. The van der Waals surface area contributed by atoms with Gasteiger partial charge in [-0.15, -0.1) is 0 Å². The SMILES string of the molecule is COc1ccccc1C(=O)NCc1c[nH]c2ncccc12. The van der Waals surface area contributed by atoms with Crippen LogP contribution in [0.4, 0.5) is 0 Å². The molecule has 3 aromatic rings. The Hall–Kier alpha value is -2.82. The Balaban J connectivity index is 1.77. The molecule has 0 spiro atoms. The van der Waals surface area contributed by atoms with Crippen LogP contribution in [0.3, 0.4) is 0 Å². The number of carbonyl (C=O) groups excluding carboxylic acids is 1. The molecule has 2 aromatic heterocycles. The van der Waals surface area contributed by atoms with E-state index in [0.29, 0.717) is 17.9 Å². The summed E-state index contributed by atoms with van der Waals surface area (Å²) in [5, 5.41) is 3.91. The van der Waals surface area contributed by atoms with Crippen LogP contribution in [-0.2, 0) is 6.54 Å². The van der Waals surface area contributed by atoms with Gasteiger partial charge in [0.25, 0.3) is 5.91 Å². The summed E-state index contributed by atoms with van der Waals surface area (Å²) in [5.41, 5.74) is 2.35. The van der Waals surface area contributed by atoms with Gasteiger partial charge in [-0.1, -0.05) is 12.1 Å². The molecule has 3 rings (SSSR count). The number of nitrogens with one attached hydrogen (secondary N) is 2. The second-order valence-corrected chi connectivity index (χ2v) is 4.60. The van der Waals surface area contributed by atoms with E-state index < -0.39 is 0 Å². The molecule has 0 fully saturated rings. The van der Waals surface area contributed by atoms with Crippen molar-refractivity contribution in [3.8, 4) is 5.75 Å². The van der Waals surface area contributed by atoms with Gasteiger partial charge in [0.05, 0.1) is 12.7 Å². The Morgan fingerprint density at radius 2 is 2.14 bits per heavy atom. The van der Waals surface area contributed by atoms with Crippen molar-refractivity contribution in [2.45, 2.75) is 6.54 Å². The van der Waals surface area contributed by atoms with Crippen molar-refractivity contribution in [3.63, 3.8) is 0 Å². The van der Waals surface area contributed by atoms with E-state index in [4.69, 9.17) is 4.74 Å². The lowest BCUT2D eigenvalue weighted by molar-refractivity contribution is 0.0948. The summed E-state index contributed by atoms with van der Waals surface area (Å²) in [7, 11) is 1.55. The average molecular weight is 281 g/mol. The number of fused-ring (bicyclic) bond motifs is 1. The molecule has 0 bridgehead atoms. The predicted octanol–water partition coefficient (Wildman–Crippen LogP) is 2.50. The molecular weight excluding hydrogens is 266 g/mol. The second-order valence-electron chi connectivity index (χ2n) is 4.60. The highest BCUT2D eigenvalue weighted by Crippen LogP contribution is 2.18. The topological polar surface area (TPSA) is 67.0 Å². The predicted molar refractivity (Wildman–Crippen MR) is 80.3 cm³/mol. The summed E-state index contributed by atoms with van der Waals surface area (Å²) in [6.07, 6.45) is 3.59. The molecule has 0 aliphatic carbocycles. The van der Waals surface area contributed by atoms with E-state index in [1.807, 2.05) is 30.5 Å². The Morgan fingerprint density at radius 3 is 3.00 bits per heavy atom. The third kappa shape index (κ3) is 2.58. The number of aromatic amines is 1. The van der Waals surface area contributed by atoms with E-state index in [0.717, 1.165) is 16.6 Å². The van der Waals surface area contributed by atoms with Crippen LogP contribution in [0.2, 0.25) is 0 Å². The highest BCUT2D eigenvalue weighted by Gasteiger charge is 2.12. The second kappa shape index (κ2) is 5.66. The zero-order valence-corrected chi connectivity index (χ0v) is 11.6. The minimum absolute atomic E-state index is 0.161. The molecule has 0 radical (unpaired) electrons. The lowest BCUT2D eigenvalue weighted by Crippen LogP contribution is -2.23. The van der Waals surface area contributed by atoms with E-state index in [9.17, 15) is 4.79 Å². The van der Waals surface area contributed by atoms with Gasteiger partial charge in [0, 0.05) is 24.3 Å². The first-order valence-corrected chi connectivity index (χ1v) is 6.62. The Kier molecular flexibility index (Phi) is 3.55. The molecule has 0 aliphatic rings. The van der Waals surface area contributed by atoms with Crippen LogP contribution in [0.15, 0.2) is 48.8 Å². The number of carbonyl (C=O) groups is 1. The number of pyridine rings is 1. The quantitative estimate of drug-likeness (QED) is 0.772. The maximum atomic E-state index is 12.2. The molecule has 0 atom stereocenters. The normalized spacial score (nSPS) is 10.5. The van der Waals surface area contributed by atoms with E-state index in [1.54, 1.807) is 25.4 Å². The van der Waals surface area contributed by atoms with E-state index in [-0.39, 0.29) is 5.91 Å². The molecule has 1 amide bonds. The van der Waals surface area contributed by atoms with Crippen LogP contribution in [0.5, 0.6) is 5.75 Å². The van der Waals surface area contributed by atoms with Crippen LogP contribution in [0, 0.1) is 0 Å². The van der Waals surface area contributed by atoms with Gasteiger partial charge in [-0.2, -0.15) is 0 Å². The molecule has 5 nitrogen and oxygen atoms in total. The zero-order chi connectivity index (χ0) is 14.7. The van der Waals surface area contributed by atoms with Gasteiger partial charge in [0.1, 0.15) is 11.4 Å². The molecule has 1 aromatic carbocycles. The highest BCUT2D eigenvalue weighted by atomic mass is 16.5. The lowest BCUT2D eigenvalue weighted by atomic mass is 10.1. The number of nitrogens with zero attached hydrogens (tertiary/aromatic N) is 1. The summed E-state index contributed by atoms with van der Waals surface area (Å²) in [4.78, 5) is 19.6. The van der Waals surface area contributed by atoms with Crippen molar-refractivity contribution in [2.75, 3.05) is 7.11 Å². The first kappa shape index (κ1) is 13.2. The summed E-state index contributed by atoms with van der Waals surface area (Å²) in [6, 6.07) is 11.0. The number of aromatic nitrogens is 2. The van der Waals surface area contributed by atoms with E-state index in [2.05, 4.69) is 15.3 Å². The molecule has 2 heterocycles. The molecule has 0 unspecified atom stereocenters. The molecule has 2 N–H and O–H groups in total. The number of hydrogen-bond acceptors (Lipinski definition) is 3. The minimum Gasteiger partial charge on any atom is -0.496 e. The third-order valence-electron chi connectivity index (χ3n) is 3.33. The lowest BCUT2D eigenvalue weighted by Gasteiger charge is -2.08. The van der Waals surface area contributed by atoms with Gasteiger partial charge in [-0.05, 0) is 29.8 Å². The third-order valence-corrected chi connectivity index (χ3v) is 3.33. The number of hydrogen-bond donors (Lipinski definition) is 2. The Morgan fingerprint density at radius 1 is 1.29 bits per heavy atom. The van der Waals surface area contributed by atoms with Crippen molar-refractivity contribution in [1.82, 2.24) is 15.3 Å². The molecule has 0 saturated carbocycles. The Labute approximate surface area is 122 Å². The molecule has 5 heteroatoms. The highest BCUT2D eigenvalue weighted by molar-refractivity contribution is 5.97. The fourth-order valence-corrected chi connectivity index (χ4v) is 2.26. The van der Waals surface area contributed by atoms with Crippen molar-refractivity contribution in [2.24, 2.45) is 0 Å². The van der Waals surface area contributed by atoms with Crippen molar-refractivity contribution < 1.29 is 9.53 Å². The largest absolute Gasteiger partial charge is 0.496 e. The van der Waals surface area contributed by atoms with Gasteiger partial charge in [-0.25, -0.2) is 4.98 Å². The van der Waals surface area contributed by atoms with Gasteiger partial charge >= 0.3 is 0 Å². The van der Waals surface area contributed by atoms with Crippen LogP contribution >= 0.6 is 0 Å². The zero-order valence-electron chi connectivity index (χ0n) is 11.6. The average Bonchev–Trinajstić information content (AvgIpc) is 2.96. The number of amides is 1. The van der Waals surface area contributed by atoms with Crippen LogP contribution in [-0.4, -0.2) is 23.0 Å². The van der Waals surface area contributed by atoms with E-state index >= 15 is 0 Å². The van der Waals surface area contributed by atoms with Crippen LogP contribution in [0.25, 0.3) is 11.0 Å². The Bertz CT molecular complexity index is 780. The first-order valence-electron chi connectivity index (χ1n) is 6.62. The molecule has 0 saturated heterocycles. The number of rotatable bonds is 4. The summed E-state index contributed by atoms with van der Waals surface area (Å²) < 4.78 is 5.20. The molecular formula is C16H15N3O2. The van der Waals surface area contributed by atoms with Crippen molar-refractivity contribution >= 4 is 16.9 Å². The number of ether oxygens (including phenoxy) is 1. The summed E-state index contributed by atoms with van der Waals surface area (Å²) >= 11 is 0. The molecule has 0 aliphatic heterocycles. The van der Waals surface area contributed by atoms with Gasteiger partial charge in [0.2, 0.25) is 0 Å².